The number of pyridine rings is 1. The number of amides is 1. The van der Waals surface area contributed by atoms with Crippen LogP contribution in [0.1, 0.15) is 5.56 Å². The van der Waals surface area contributed by atoms with Gasteiger partial charge < -0.3 is 15.8 Å². The zero-order valence-electron chi connectivity index (χ0n) is 13.4. The van der Waals surface area contributed by atoms with Crippen LogP contribution in [0.2, 0.25) is 0 Å². The Balaban J connectivity index is 1.69. The summed E-state index contributed by atoms with van der Waals surface area (Å²) in [4.78, 5) is 29.0. The van der Waals surface area contributed by atoms with Crippen molar-refractivity contribution in [2.24, 2.45) is 5.73 Å². The number of aromatic nitrogens is 2. The highest BCUT2D eigenvalue weighted by Gasteiger charge is 2.24. The summed E-state index contributed by atoms with van der Waals surface area (Å²) < 4.78 is 0.835. The SMILES string of the molecule is NC(=O)n1c[c]cc(-c2cc3cc(CN4CC(O)C4)ccc3[nH]2)c1=O. The molecule has 3 aromatic rings. The number of likely N-dealkylation sites (tertiary alicyclic amines) is 1. The summed E-state index contributed by atoms with van der Waals surface area (Å²) in [6.45, 7) is 2.17. The molecule has 3 heterocycles. The fraction of sp³-hybridized carbons (Fsp3) is 0.222. The predicted molar refractivity (Wildman–Crippen MR) is 93.1 cm³/mol. The molecular weight excluding hydrogens is 320 g/mol. The molecule has 0 spiro atoms. The van der Waals surface area contributed by atoms with Crippen molar-refractivity contribution in [3.63, 3.8) is 0 Å². The number of nitrogens with zero attached hydrogens (tertiary/aromatic N) is 2. The summed E-state index contributed by atoms with van der Waals surface area (Å²) in [6, 6.07) is 11.4. The van der Waals surface area contributed by atoms with E-state index in [1.54, 1.807) is 0 Å². The molecule has 4 rings (SSSR count). The number of primary amides is 1. The first-order valence-corrected chi connectivity index (χ1v) is 7.96. The number of hydrogen-bond donors (Lipinski definition) is 3. The van der Waals surface area contributed by atoms with Crippen molar-refractivity contribution in [3.8, 4) is 11.3 Å². The smallest absolute Gasteiger partial charge is 0.325 e. The molecule has 1 radical (unpaired) electrons. The number of benzene rings is 1. The highest BCUT2D eigenvalue weighted by molar-refractivity contribution is 5.86. The van der Waals surface area contributed by atoms with E-state index < -0.39 is 11.6 Å². The van der Waals surface area contributed by atoms with Gasteiger partial charge in [-0.1, -0.05) is 6.07 Å². The molecule has 2 aromatic heterocycles. The number of H-pyrrole nitrogens is 1. The van der Waals surface area contributed by atoms with Crippen LogP contribution in [0.25, 0.3) is 22.2 Å². The number of hydrogen-bond acceptors (Lipinski definition) is 4. The third-order valence-electron chi connectivity index (χ3n) is 4.44. The second kappa shape index (κ2) is 5.87. The Kier molecular flexibility index (Phi) is 3.67. The number of fused-ring (bicyclic) bond motifs is 1. The molecule has 4 N–H and O–H groups in total. The largest absolute Gasteiger partial charge is 0.390 e. The van der Waals surface area contributed by atoms with Crippen LogP contribution >= 0.6 is 0 Å². The van der Waals surface area contributed by atoms with E-state index in [0.29, 0.717) is 24.3 Å². The van der Waals surface area contributed by atoms with Crippen LogP contribution in [0.4, 0.5) is 4.79 Å². The zero-order chi connectivity index (χ0) is 17.6. The number of aliphatic hydroxyl groups excluding tert-OH is 1. The van der Waals surface area contributed by atoms with Crippen LogP contribution in [0.5, 0.6) is 0 Å². The highest BCUT2D eigenvalue weighted by atomic mass is 16.3. The monoisotopic (exact) mass is 337 g/mol. The van der Waals surface area contributed by atoms with Crippen LogP contribution in [0.3, 0.4) is 0 Å². The van der Waals surface area contributed by atoms with Gasteiger partial charge in [0.15, 0.2) is 0 Å². The molecule has 0 saturated carbocycles. The van der Waals surface area contributed by atoms with Crippen LogP contribution in [0, 0.1) is 6.07 Å². The number of aromatic amines is 1. The molecule has 1 amide bonds. The topological polar surface area (TPSA) is 104 Å². The molecule has 0 aliphatic carbocycles. The average Bonchev–Trinajstić information content (AvgIpc) is 2.96. The van der Waals surface area contributed by atoms with Crippen LogP contribution in [-0.2, 0) is 6.54 Å². The fourth-order valence-electron chi connectivity index (χ4n) is 3.16. The van der Waals surface area contributed by atoms with Crippen LogP contribution < -0.4 is 11.3 Å². The third kappa shape index (κ3) is 2.84. The second-order valence-corrected chi connectivity index (χ2v) is 6.32. The van der Waals surface area contributed by atoms with E-state index in [9.17, 15) is 14.7 Å². The fourth-order valence-corrected chi connectivity index (χ4v) is 3.16. The predicted octanol–water partition coefficient (Wildman–Crippen LogP) is 0.900. The third-order valence-corrected chi connectivity index (χ3v) is 4.44. The maximum atomic E-state index is 12.4. The van der Waals surface area contributed by atoms with E-state index >= 15 is 0 Å². The molecule has 1 aliphatic rings. The van der Waals surface area contributed by atoms with E-state index in [1.807, 2.05) is 18.2 Å². The summed E-state index contributed by atoms with van der Waals surface area (Å²) in [7, 11) is 0. The Hall–Kier alpha value is -2.90. The van der Waals surface area contributed by atoms with Gasteiger partial charge in [-0.3, -0.25) is 9.69 Å². The quantitative estimate of drug-likeness (QED) is 0.660. The van der Waals surface area contributed by atoms with Gasteiger partial charge in [-0.25, -0.2) is 9.36 Å². The van der Waals surface area contributed by atoms with E-state index in [0.717, 1.165) is 27.6 Å². The van der Waals surface area contributed by atoms with Gasteiger partial charge in [0, 0.05) is 42.8 Å². The highest BCUT2D eigenvalue weighted by Crippen LogP contribution is 2.24. The molecular formula is C18H17N4O3. The molecule has 25 heavy (non-hydrogen) atoms. The Labute approximate surface area is 143 Å². The minimum atomic E-state index is -0.835. The Morgan fingerprint density at radius 1 is 1.36 bits per heavy atom. The van der Waals surface area contributed by atoms with Gasteiger partial charge >= 0.3 is 6.03 Å². The number of nitrogens with one attached hydrogen (secondary N) is 1. The average molecular weight is 337 g/mol. The number of nitrogens with two attached hydrogens (primary N) is 1. The minimum Gasteiger partial charge on any atom is -0.390 e. The molecule has 7 nitrogen and oxygen atoms in total. The van der Waals surface area contributed by atoms with Crippen molar-refractivity contribution < 1.29 is 9.90 Å². The Morgan fingerprint density at radius 3 is 2.88 bits per heavy atom. The first kappa shape index (κ1) is 15.6. The molecule has 0 bridgehead atoms. The van der Waals surface area contributed by atoms with E-state index in [2.05, 4.69) is 22.0 Å². The molecule has 0 atom stereocenters. The van der Waals surface area contributed by atoms with Gasteiger partial charge in [0.05, 0.1) is 17.4 Å². The van der Waals surface area contributed by atoms with Gasteiger partial charge in [-0.15, -0.1) is 0 Å². The molecule has 1 fully saturated rings. The van der Waals surface area contributed by atoms with Crippen molar-refractivity contribution in [2.45, 2.75) is 12.6 Å². The maximum Gasteiger partial charge on any atom is 0.325 e. The molecule has 1 aliphatic heterocycles. The number of carbonyl (C=O) groups is 1. The molecule has 127 valence electrons. The Bertz CT molecular complexity index is 1010. The molecule has 0 unspecified atom stereocenters. The first-order valence-electron chi connectivity index (χ1n) is 7.96. The summed E-state index contributed by atoms with van der Waals surface area (Å²) in [5.74, 6) is 0. The molecule has 1 saturated heterocycles. The van der Waals surface area contributed by atoms with Crippen LogP contribution in [-0.4, -0.2) is 44.8 Å². The van der Waals surface area contributed by atoms with Crippen molar-refractivity contribution in [3.05, 3.63) is 58.5 Å². The lowest BCUT2D eigenvalue weighted by atomic mass is 10.1. The van der Waals surface area contributed by atoms with Crippen molar-refractivity contribution in [1.82, 2.24) is 14.5 Å². The van der Waals surface area contributed by atoms with E-state index in [-0.39, 0.29) is 6.10 Å². The number of rotatable bonds is 3. The summed E-state index contributed by atoms with van der Waals surface area (Å²) in [5, 5.41) is 10.3. The standard InChI is InChI=1S/C18H17N4O3/c19-18(25)22-5-1-2-14(17(22)24)16-7-12-6-11(3-4-15(12)20-16)8-21-9-13(23)10-21/h2-7,13,20,23H,8-10H2,(H2,19,25). The van der Waals surface area contributed by atoms with Crippen LogP contribution in [0.15, 0.2) is 41.3 Å². The lowest BCUT2D eigenvalue weighted by Gasteiger charge is -2.35. The number of aliphatic hydroxyl groups is 1. The summed E-state index contributed by atoms with van der Waals surface area (Å²) in [5.41, 5.74) is 7.71. The van der Waals surface area contributed by atoms with E-state index in [4.69, 9.17) is 5.73 Å². The lowest BCUT2D eigenvalue weighted by Crippen LogP contribution is -2.49. The second-order valence-electron chi connectivity index (χ2n) is 6.32. The lowest BCUT2D eigenvalue weighted by molar-refractivity contribution is -0.00284. The van der Waals surface area contributed by atoms with Gasteiger partial charge in [-0.05, 0) is 29.8 Å². The van der Waals surface area contributed by atoms with Crippen molar-refractivity contribution in [2.75, 3.05) is 13.1 Å². The van der Waals surface area contributed by atoms with E-state index in [1.165, 1.54) is 12.3 Å². The number of β-amino-alcohol motifs (C(OH)–C–C–N with tert-alkyl or cyclic N) is 1. The molecule has 7 heteroatoms. The summed E-state index contributed by atoms with van der Waals surface area (Å²) in [6.07, 6.45) is 1.01. The first-order chi connectivity index (χ1) is 12.0. The van der Waals surface area contributed by atoms with Gasteiger partial charge in [0.25, 0.3) is 5.56 Å². The zero-order valence-corrected chi connectivity index (χ0v) is 13.4. The Morgan fingerprint density at radius 2 is 2.16 bits per heavy atom. The van der Waals surface area contributed by atoms with Crippen molar-refractivity contribution in [1.29, 1.82) is 0 Å². The normalized spacial score (nSPS) is 15.4. The maximum absolute atomic E-state index is 12.4. The van der Waals surface area contributed by atoms with Gasteiger partial charge in [0.2, 0.25) is 0 Å². The summed E-state index contributed by atoms with van der Waals surface area (Å²) >= 11 is 0. The van der Waals surface area contributed by atoms with Gasteiger partial charge in [0.1, 0.15) is 0 Å². The molecule has 1 aromatic carbocycles. The number of carbonyl (C=O) groups excluding carboxylic acids is 1. The van der Waals surface area contributed by atoms with Crippen molar-refractivity contribution >= 4 is 16.9 Å². The minimum absolute atomic E-state index is 0.218. The van der Waals surface area contributed by atoms with Gasteiger partial charge in [-0.2, -0.15) is 0 Å².